The van der Waals surface area contributed by atoms with Gasteiger partial charge in [0.05, 0.1) is 0 Å². The molecule has 2 aromatic carbocycles. The molecule has 0 spiro atoms. The Kier molecular flexibility index (Phi) is 6.64. The lowest BCUT2D eigenvalue weighted by Crippen LogP contribution is -2.53. The van der Waals surface area contributed by atoms with Gasteiger partial charge in [-0.1, -0.05) is 48.5 Å². The standard InChI is InChI=1S/C26H26N2O5/c1-2-7-23(25(31)27-17-12-16(13-17)14-24(29)30)28-26(32)33-15-22-20-10-5-3-8-18(20)19-9-4-6-11-21(19)22/h1,3-6,8-11,16-17,22-23H,7,12-15H2,(H,27,31)(H,28,32)(H,29,30). The first kappa shape index (κ1) is 22.4. The molecular formula is C26H26N2O5. The van der Waals surface area contributed by atoms with Crippen LogP contribution in [-0.2, 0) is 14.3 Å². The van der Waals surface area contributed by atoms with Gasteiger partial charge in [0.2, 0.25) is 5.91 Å². The topological polar surface area (TPSA) is 105 Å². The van der Waals surface area contributed by atoms with Crippen LogP contribution in [0.1, 0.15) is 42.7 Å². The van der Waals surface area contributed by atoms with Crippen LogP contribution < -0.4 is 10.6 Å². The van der Waals surface area contributed by atoms with E-state index >= 15 is 0 Å². The number of carboxylic acid groups (broad SMARTS) is 1. The van der Waals surface area contributed by atoms with Crippen molar-refractivity contribution in [2.75, 3.05) is 6.61 Å². The van der Waals surface area contributed by atoms with Gasteiger partial charge in [0.25, 0.3) is 0 Å². The number of ether oxygens (including phenoxy) is 1. The van der Waals surface area contributed by atoms with Gasteiger partial charge in [0, 0.05) is 24.8 Å². The van der Waals surface area contributed by atoms with Gasteiger partial charge in [0.1, 0.15) is 12.6 Å². The van der Waals surface area contributed by atoms with E-state index in [1.165, 1.54) is 0 Å². The molecule has 0 aromatic heterocycles. The van der Waals surface area contributed by atoms with Crippen molar-refractivity contribution in [1.29, 1.82) is 0 Å². The minimum atomic E-state index is -0.913. The second kappa shape index (κ2) is 9.78. The maximum atomic E-state index is 12.6. The van der Waals surface area contributed by atoms with E-state index in [9.17, 15) is 14.4 Å². The van der Waals surface area contributed by atoms with Gasteiger partial charge >= 0.3 is 12.1 Å². The van der Waals surface area contributed by atoms with Crippen LogP contribution in [0.3, 0.4) is 0 Å². The molecule has 0 aliphatic heterocycles. The smallest absolute Gasteiger partial charge is 0.407 e. The second-order valence-electron chi connectivity index (χ2n) is 8.57. The number of terminal acetylenes is 1. The Hall–Kier alpha value is -3.79. The van der Waals surface area contributed by atoms with Crippen molar-refractivity contribution >= 4 is 18.0 Å². The highest BCUT2D eigenvalue weighted by atomic mass is 16.5. The van der Waals surface area contributed by atoms with Crippen LogP contribution in [0.15, 0.2) is 48.5 Å². The van der Waals surface area contributed by atoms with E-state index in [0.29, 0.717) is 12.8 Å². The summed E-state index contributed by atoms with van der Waals surface area (Å²) in [5, 5.41) is 14.3. The lowest BCUT2D eigenvalue weighted by molar-refractivity contribution is -0.139. The van der Waals surface area contributed by atoms with Crippen LogP contribution in [0.4, 0.5) is 4.79 Å². The number of carbonyl (C=O) groups excluding carboxylic acids is 2. The quantitative estimate of drug-likeness (QED) is 0.540. The summed E-state index contributed by atoms with van der Waals surface area (Å²) >= 11 is 0. The number of aliphatic carboxylic acids is 1. The molecule has 2 amide bonds. The molecule has 2 aliphatic carbocycles. The van der Waals surface area contributed by atoms with E-state index in [0.717, 1.165) is 22.3 Å². The van der Waals surface area contributed by atoms with Crippen LogP contribution in [0.2, 0.25) is 0 Å². The number of rotatable bonds is 8. The number of fused-ring (bicyclic) bond motifs is 3. The van der Waals surface area contributed by atoms with E-state index in [1.807, 2.05) is 36.4 Å². The Balaban J connectivity index is 1.32. The van der Waals surface area contributed by atoms with Gasteiger partial charge in [-0.25, -0.2) is 4.79 Å². The van der Waals surface area contributed by atoms with E-state index in [-0.39, 0.29) is 43.2 Å². The molecule has 3 N–H and O–H groups in total. The number of benzene rings is 2. The molecule has 0 saturated heterocycles. The van der Waals surface area contributed by atoms with Crippen molar-refractivity contribution in [2.45, 2.75) is 43.7 Å². The van der Waals surface area contributed by atoms with Gasteiger partial charge in [0.15, 0.2) is 0 Å². The molecule has 1 fully saturated rings. The molecule has 170 valence electrons. The summed E-state index contributed by atoms with van der Waals surface area (Å²) in [7, 11) is 0. The molecule has 0 heterocycles. The predicted octanol–water partition coefficient (Wildman–Crippen LogP) is 3.29. The molecule has 33 heavy (non-hydrogen) atoms. The van der Waals surface area contributed by atoms with Crippen LogP contribution >= 0.6 is 0 Å². The zero-order chi connectivity index (χ0) is 23.4. The Morgan fingerprint density at radius 3 is 2.24 bits per heavy atom. The Morgan fingerprint density at radius 1 is 1.06 bits per heavy atom. The first-order valence-electron chi connectivity index (χ1n) is 11.0. The molecular weight excluding hydrogens is 420 g/mol. The number of alkyl carbamates (subject to hydrolysis) is 1. The summed E-state index contributed by atoms with van der Waals surface area (Å²) in [4.78, 5) is 35.9. The summed E-state index contributed by atoms with van der Waals surface area (Å²) in [5.41, 5.74) is 4.47. The highest BCUT2D eigenvalue weighted by Gasteiger charge is 2.34. The van der Waals surface area contributed by atoms with Crippen LogP contribution in [0.25, 0.3) is 11.1 Å². The van der Waals surface area contributed by atoms with E-state index < -0.39 is 18.1 Å². The second-order valence-corrected chi connectivity index (χ2v) is 8.57. The third-order valence-electron chi connectivity index (χ3n) is 6.32. The molecule has 4 rings (SSSR count). The summed E-state index contributed by atoms with van der Waals surface area (Å²) in [6.45, 7) is 0.143. The predicted molar refractivity (Wildman–Crippen MR) is 122 cm³/mol. The average molecular weight is 447 g/mol. The van der Waals surface area contributed by atoms with Gasteiger partial charge in [-0.3, -0.25) is 9.59 Å². The molecule has 2 aromatic rings. The third-order valence-corrected chi connectivity index (χ3v) is 6.32. The molecule has 1 atom stereocenters. The van der Waals surface area contributed by atoms with Gasteiger partial charge in [-0.2, -0.15) is 0 Å². The summed E-state index contributed by atoms with van der Waals surface area (Å²) in [6, 6.07) is 15.1. The molecule has 0 radical (unpaired) electrons. The van der Waals surface area contributed by atoms with E-state index in [2.05, 4.69) is 28.7 Å². The SMILES string of the molecule is C#CCC(NC(=O)OCC1c2ccccc2-c2ccccc21)C(=O)NC1CC(CC(=O)O)C1. The summed E-state index contributed by atoms with van der Waals surface area (Å²) < 4.78 is 5.51. The first-order valence-corrected chi connectivity index (χ1v) is 11.0. The zero-order valence-corrected chi connectivity index (χ0v) is 18.1. The fourth-order valence-corrected chi connectivity index (χ4v) is 4.68. The van der Waals surface area contributed by atoms with Crippen molar-refractivity contribution in [3.05, 3.63) is 59.7 Å². The number of hydrogen-bond acceptors (Lipinski definition) is 4. The van der Waals surface area contributed by atoms with Crippen molar-refractivity contribution in [3.63, 3.8) is 0 Å². The van der Waals surface area contributed by atoms with Gasteiger partial charge < -0.3 is 20.5 Å². The van der Waals surface area contributed by atoms with Crippen molar-refractivity contribution < 1.29 is 24.2 Å². The molecule has 0 bridgehead atoms. The first-order chi connectivity index (χ1) is 16.0. The largest absolute Gasteiger partial charge is 0.481 e. The number of amides is 2. The maximum Gasteiger partial charge on any atom is 0.407 e. The van der Waals surface area contributed by atoms with Crippen LogP contribution in [0.5, 0.6) is 0 Å². The minimum Gasteiger partial charge on any atom is -0.481 e. The van der Waals surface area contributed by atoms with Gasteiger partial charge in [-0.15, -0.1) is 12.3 Å². The molecule has 1 unspecified atom stereocenters. The van der Waals surface area contributed by atoms with Crippen molar-refractivity contribution in [2.24, 2.45) is 5.92 Å². The van der Waals surface area contributed by atoms with Crippen LogP contribution in [-0.4, -0.2) is 41.8 Å². The monoisotopic (exact) mass is 446 g/mol. The fourth-order valence-electron chi connectivity index (χ4n) is 4.68. The summed E-state index contributed by atoms with van der Waals surface area (Å²) in [6.07, 6.45) is 6.02. The number of nitrogens with one attached hydrogen (secondary N) is 2. The fraction of sp³-hybridized carbons (Fsp3) is 0.346. The molecule has 2 aliphatic rings. The third kappa shape index (κ3) is 5.01. The highest BCUT2D eigenvalue weighted by molar-refractivity contribution is 5.86. The molecule has 7 nitrogen and oxygen atoms in total. The Bertz CT molecular complexity index is 1050. The van der Waals surface area contributed by atoms with Crippen molar-refractivity contribution in [1.82, 2.24) is 10.6 Å². The van der Waals surface area contributed by atoms with E-state index in [4.69, 9.17) is 16.3 Å². The van der Waals surface area contributed by atoms with Gasteiger partial charge in [-0.05, 0) is 41.0 Å². The Morgan fingerprint density at radius 2 is 1.67 bits per heavy atom. The lowest BCUT2D eigenvalue weighted by Gasteiger charge is -2.35. The molecule has 7 heteroatoms. The molecule has 1 saturated carbocycles. The number of carboxylic acids is 1. The summed E-state index contributed by atoms with van der Waals surface area (Å²) in [5.74, 6) is 1.17. The van der Waals surface area contributed by atoms with Crippen LogP contribution in [0, 0.1) is 18.3 Å². The average Bonchev–Trinajstić information content (AvgIpc) is 3.09. The lowest BCUT2D eigenvalue weighted by atomic mass is 9.78. The highest BCUT2D eigenvalue weighted by Crippen LogP contribution is 2.44. The number of carbonyl (C=O) groups is 3. The Labute approximate surface area is 192 Å². The zero-order valence-electron chi connectivity index (χ0n) is 18.1. The number of hydrogen-bond donors (Lipinski definition) is 3. The maximum absolute atomic E-state index is 12.6. The van der Waals surface area contributed by atoms with E-state index in [1.54, 1.807) is 0 Å². The normalized spacial score (nSPS) is 19.2. The van der Waals surface area contributed by atoms with Crippen molar-refractivity contribution in [3.8, 4) is 23.5 Å². The minimum absolute atomic E-state index is 0.0291.